The van der Waals surface area contributed by atoms with Crippen LogP contribution in [0.1, 0.15) is 22.3 Å². The molecule has 0 saturated carbocycles. The first kappa shape index (κ1) is 17.3. The molecule has 1 aliphatic heterocycles. The number of aryl methyl sites for hydroxylation is 3. The van der Waals surface area contributed by atoms with Crippen molar-refractivity contribution in [3.8, 4) is 0 Å². The number of nitrogens with zero attached hydrogens (tertiary/aromatic N) is 2. The van der Waals surface area contributed by atoms with E-state index in [1.165, 1.54) is 22.4 Å². The molecule has 1 saturated heterocycles. The molecule has 2 aromatic carbocycles. The third-order valence-electron chi connectivity index (χ3n) is 4.80. The lowest BCUT2D eigenvalue weighted by Gasteiger charge is -2.37. The summed E-state index contributed by atoms with van der Waals surface area (Å²) < 4.78 is 0. The Morgan fingerprint density at radius 2 is 1.68 bits per heavy atom. The van der Waals surface area contributed by atoms with Crippen LogP contribution in [-0.4, -0.2) is 37.1 Å². The molecule has 1 heterocycles. The summed E-state index contributed by atoms with van der Waals surface area (Å²) in [5, 5.41) is 3.04. The monoisotopic (exact) mass is 337 g/mol. The van der Waals surface area contributed by atoms with Crippen molar-refractivity contribution in [2.45, 2.75) is 27.3 Å². The van der Waals surface area contributed by atoms with Crippen LogP contribution in [0.2, 0.25) is 0 Å². The normalized spacial score (nSPS) is 14.5. The number of urea groups is 1. The molecule has 0 atom stereocenters. The van der Waals surface area contributed by atoms with Gasteiger partial charge in [0, 0.05) is 38.4 Å². The van der Waals surface area contributed by atoms with E-state index in [0.29, 0.717) is 6.54 Å². The first-order valence-corrected chi connectivity index (χ1v) is 8.93. The summed E-state index contributed by atoms with van der Waals surface area (Å²) in [7, 11) is 0. The van der Waals surface area contributed by atoms with Crippen LogP contribution in [0.25, 0.3) is 0 Å². The highest BCUT2D eigenvalue weighted by atomic mass is 16.2. The zero-order chi connectivity index (χ0) is 17.8. The van der Waals surface area contributed by atoms with Crippen molar-refractivity contribution >= 4 is 11.7 Å². The molecule has 0 aliphatic carbocycles. The SMILES string of the molecule is Cc1cccc(CNC(=O)N2CCN(c3cc(C)ccc3C)CC2)c1. The molecule has 2 amide bonds. The molecule has 0 bridgehead atoms. The lowest BCUT2D eigenvalue weighted by molar-refractivity contribution is 0.194. The Kier molecular flexibility index (Phi) is 5.27. The minimum absolute atomic E-state index is 0.0297. The Morgan fingerprint density at radius 1 is 0.960 bits per heavy atom. The van der Waals surface area contributed by atoms with Gasteiger partial charge in [-0.2, -0.15) is 0 Å². The fourth-order valence-corrected chi connectivity index (χ4v) is 3.32. The number of piperazine rings is 1. The number of benzene rings is 2. The van der Waals surface area contributed by atoms with Gasteiger partial charge < -0.3 is 15.1 Å². The molecule has 3 rings (SSSR count). The Labute approximate surface area is 150 Å². The van der Waals surface area contributed by atoms with E-state index in [-0.39, 0.29) is 6.03 Å². The Bertz CT molecular complexity index is 749. The average molecular weight is 337 g/mol. The van der Waals surface area contributed by atoms with Gasteiger partial charge in [0.25, 0.3) is 0 Å². The van der Waals surface area contributed by atoms with Crippen LogP contribution in [0.5, 0.6) is 0 Å². The van der Waals surface area contributed by atoms with Gasteiger partial charge in [-0.1, -0.05) is 42.0 Å². The van der Waals surface area contributed by atoms with Gasteiger partial charge in [-0.05, 0) is 43.5 Å². The summed E-state index contributed by atoms with van der Waals surface area (Å²) in [6, 6.07) is 14.8. The highest BCUT2D eigenvalue weighted by molar-refractivity contribution is 5.74. The number of anilines is 1. The van der Waals surface area contributed by atoms with E-state index >= 15 is 0 Å². The smallest absolute Gasteiger partial charge is 0.317 e. The Hall–Kier alpha value is -2.49. The fraction of sp³-hybridized carbons (Fsp3) is 0.381. The molecule has 4 heteroatoms. The number of nitrogens with one attached hydrogen (secondary N) is 1. The highest BCUT2D eigenvalue weighted by Crippen LogP contribution is 2.22. The Morgan fingerprint density at radius 3 is 2.40 bits per heavy atom. The van der Waals surface area contributed by atoms with Crippen LogP contribution >= 0.6 is 0 Å². The van der Waals surface area contributed by atoms with E-state index in [4.69, 9.17) is 0 Å². The van der Waals surface area contributed by atoms with Gasteiger partial charge in [0.15, 0.2) is 0 Å². The van der Waals surface area contributed by atoms with Crippen LogP contribution in [0.3, 0.4) is 0 Å². The van der Waals surface area contributed by atoms with Crippen molar-refractivity contribution < 1.29 is 4.79 Å². The molecule has 0 unspecified atom stereocenters. The predicted octanol–water partition coefficient (Wildman–Crippen LogP) is 3.64. The van der Waals surface area contributed by atoms with E-state index in [9.17, 15) is 4.79 Å². The zero-order valence-electron chi connectivity index (χ0n) is 15.4. The molecule has 25 heavy (non-hydrogen) atoms. The maximum absolute atomic E-state index is 12.4. The second-order valence-corrected chi connectivity index (χ2v) is 6.91. The van der Waals surface area contributed by atoms with Crippen molar-refractivity contribution in [1.29, 1.82) is 0 Å². The van der Waals surface area contributed by atoms with Crippen LogP contribution in [0, 0.1) is 20.8 Å². The first-order valence-electron chi connectivity index (χ1n) is 8.93. The molecule has 1 fully saturated rings. The number of carbonyl (C=O) groups excluding carboxylic acids is 1. The average Bonchev–Trinajstić information content (AvgIpc) is 2.62. The van der Waals surface area contributed by atoms with E-state index in [1.54, 1.807) is 0 Å². The number of amides is 2. The lowest BCUT2D eigenvalue weighted by Crippen LogP contribution is -2.51. The molecule has 2 aromatic rings. The number of carbonyl (C=O) groups is 1. The number of rotatable bonds is 3. The molecule has 0 aromatic heterocycles. The standard InChI is InChI=1S/C21H27N3O/c1-16-5-4-6-19(13-16)15-22-21(25)24-11-9-23(10-12-24)20-14-17(2)7-8-18(20)3/h4-8,13-14H,9-12,15H2,1-3H3,(H,22,25). The third-order valence-corrected chi connectivity index (χ3v) is 4.80. The first-order chi connectivity index (χ1) is 12.0. The fourth-order valence-electron chi connectivity index (χ4n) is 3.32. The number of hydrogen-bond donors (Lipinski definition) is 1. The lowest BCUT2D eigenvalue weighted by atomic mass is 10.1. The molecule has 0 spiro atoms. The topological polar surface area (TPSA) is 35.6 Å². The molecule has 1 aliphatic rings. The maximum Gasteiger partial charge on any atom is 0.317 e. The van der Waals surface area contributed by atoms with Crippen molar-refractivity contribution in [2.24, 2.45) is 0 Å². The van der Waals surface area contributed by atoms with Crippen molar-refractivity contribution in [3.05, 3.63) is 64.7 Å². The summed E-state index contributed by atoms with van der Waals surface area (Å²) in [5.74, 6) is 0. The van der Waals surface area contributed by atoms with Crippen LogP contribution in [-0.2, 0) is 6.54 Å². The van der Waals surface area contributed by atoms with Gasteiger partial charge in [0.05, 0.1) is 0 Å². The number of hydrogen-bond acceptors (Lipinski definition) is 2. The van der Waals surface area contributed by atoms with E-state index < -0.39 is 0 Å². The van der Waals surface area contributed by atoms with Gasteiger partial charge in [0.2, 0.25) is 0 Å². The molecule has 1 N–H and O–H groups in total. The zero-order valence-corrected chi connectivity index (χ0v) is 15.4. The Balaban J connectivity index is 1.53. The summed E-state index contributed by atoms with van der Waals surface area (Å²) in [6.45, 7) is 10.2. The second kappa shape index (κ2) is 7.60. The van der Waals surface area contributed by atoms with Gasteiger partial charge in [-0.25, -0.2) is 4.79 Å². The van der Waals surface area contributed by atoms with Gasteiger partial charge in [-0.3, -0.25) is 0 Å². The van der Waals surface area contributed by atoms with Crippen molar-refractivity contribution in [2.75, 3.05) is 31.1 Å². The van der Waals surface area contributed by atoms with Crippen molar-refractivity contribution in [3.63, 3.8) is 0 Å². The molecular formula is C21H27N3O. The van der Waals surface area contributed by atoms with Crippen LogP contribution in [0.4, 0.5) is 10.5 Å². The van der Waals surface area contributed by atoms with Crippen molar-refractivity contribution in [1.82, 2.24) is 10.2 Å². The minimum atomic E-state index is 0.0297. The molecule has 4 nitrogen and oxygen atoms in total. The molecule has 0 radical (unpaired) electrons. The van der Waals surface area contributed by atoms with Gasteiger partial charge >= 0.3 is 6.03 Å². The van der Waals surface area contributed by atoms with E-state index in [0.717, 1.165) is 31.7 Å². The van der Waals surface area contributed by atoms with E-state index in [2.05, 4.69) is 61.3 Å². The highest BCUT2D eigenvalue weighted by Gasteiger charge is 2.21. The molecular weight excluding hydrogens is 310 g/mol. The maximum atomic E-state index is 12.4. The summed E-state index contributed by atoms with van der Waals surface area (Å²) in [4.78, 5) is 16.7. The largest absolute Gasteiger partial charge is 0.368 e. The summed E-state index contributed by atoms with van der Waals surface area (Å²) in [5.41, 5.74) is 6.22. The quantitative estimate of drug-likeness (QED) is 0.928. The van der Waals surface area contributed by atoms with Crippen LogP contribution in [0.15, 0.2) is 42.5 Å². The van der Waals surface area contributed by atoms with Crippen LogP contribution < -0.4 is 10.2 Å². The van der Waals surface area contributed by atoms with Gasteiger partial charge in [0.1, 0.15) is 0 Å². The summed E-state index contributed by atoms with van der Waals surface area (Å²) in [6.07, 6.45) is 0. The summed E-state index contributed by atoms with van der Waals surface area (Å²) >= 11 is 0. The second-order valence-electron chi connectivity index (χ2n) is 6.91. The van der Waals surface area contributed by atoms with Gasteiger partial charge in [-0.15, -0.1) is 0 Å². The van der Waals surface area contributed by atoms with E-state index in [1.807, 2.05) is 17.0 Å². The third kappa shape index (κ3) is 4.32. The predicted molar refractivity (Wildman–Crippen MR) is 103 cm³/mol. The molecule has 132 valence electrons. The minimum Gasteiger partial charge on any atom is -0.368 e.